The third-order valence-electron chi connectivity index (χ3n) is 9.42. The quantitative estimate of drug-likeness (QED) is 0.255. The van der Waals surface area contributed by atoms with E-state index < -0.39 is 0 Å². The van der Waals surface area contributed by atoms with E-state index in [4.69, 9.17) is 18.9 Å². The van der Waals surface area contributed by atoms with Crippen molar-refractivity contribution in [2.24, 2.45) is 0 Å². The Morgan fingerprint density at radius 1 is 0.810 bits per heavy atom. The summed E-state index contributed by atoms with van der Waals surface area (Å²) in [6.07, 6.45) is 3.34. The summed E-state index contributed by atoms with van der Waals surface area (Å²) in [4.78, 5) is 2.39. The third kappa shape index (κ3) is 3.95. The molecule has 7 nitrogen and oxygen atoms in total. The van der Waals surface area contributed by atoms with Crippen LogP contribution in [0.5, 0.6) is 40.2 Å². The van der Waals surface area contributed by atoms with Crippen LogP contribution in [0.1, 0.15) is 45.5 Å². The highest BCUT2D eigenvalue weighted by Gasteiger charge is 2.36. The van der Waals surface area contributed by atoms with E-state index in [0.29, 0.717) is 11.5 Å². The predicted molar refractivity (Wildman–Crippen MR) is 161 cm³/mol. The Morgan fingerprint density at radius 3 is 2.43 bits per heavy atom. The fourth-order valence-electron chi connectivity index (χ4n) is 7.22. The van der Waals surface area contributed by atoms with Crippen molar-refractivity contribution in [1.29, 1.82) is 0 Å². The van der Waals surface area contributed by atoms with Gasteiger partial charge in [0.1, 0.15) is 11.5 Å². The third-order valence-corrected chi connectivity index (χ3v) is 9.42. The molecule has 0 aliphatic carbocycles. The number of hydrogen-bond donors (Lipinski definition) is 2. The smallest absolute Gasteiger partial charge is 0.212 e. The lowest BCUT2D eigenvalue weighted by Crippen LogP contribution is -2.34. The van der Waals surface area contributed by atoms with E-state index in [0.717, 1.165) is 89.6 Å². The molecule has 214 valence electrons. The van der Waals surface area contributed by atoms with Gasteiger partial charge in [-0.15, -0.1) is 0 Å². The summed E-state index contributed by atoms with van der Waals surface area (Å²) >= 11 is 0. The lowest BCUT2D eigenvalue weighted by molar-refractivity contribution is 0.220. The first-order chi connectivity index (χ1) is 20.5. The number of likely N-dealkylation sites (N-methyl/N-ethyl adjacent to an activating group) is 1. The topological polar surface area (TPSA) is 72.4 Å². The molecule has 0 radical (unpaired) electrons. The monoisotopic (exact) mass is 562 g/mol. The molecule has 42 heavy (non-hydrogen) atoms. The highest BCUT2D eigenvalue weighted by atomic mass is 16.6. The zero-order valence-electron chi connectivity index (χ0n) is 24.1. The molecule has 2 atom stereocenters. The van der Waals surface area contributed by atoms with Crippen LogP contribution in [0.25, 0.3) is 11.1 Å². The van der Waals surface area contributed by atoms with Crippen LogP contribution < -0.4 is 24.3 Å². The van der Waals surface area contributed by atoms with Crippen LogP contribution >= 0.6 is 0 Å². The Morgan fingerprint density at radius 2 is 1.57 bits per heavy atom. The van der Waals surface area contributed by atoms with Crippen LogP contribution in [0.3, 0.4) is 0 Å². The number of rotatable bonds is 2. The van der Waals surface area contributed by atoms with Crippen molar-refractivity contribution in [3.63, 3.8) is 0 Å². The maximum Gasteiger partial charge on any atom is 0.212 e. The van der Waals surface area contributed by atoms with Gasteiger partial charge in [0.05, 0.1) is 14.2 Å². The zero-order valence-corrected chi connectivity index (χ0v) is 24.1. The maximum atomic E-state index is 11.1. The van der Waals surface area contributed by atoms with Gasteiger partial charge in [-0.2, -0.15) is 0 Å². The van der Waals surface area contributed by atoms with Gasteiger partial charge in [0.15, 0.2) is 23.0 Å². The van der Waals surface area contributed by atoms with Crippen molar-refractivity contribution in [2.75, 3.05) is 34.4 Å². The van der Waals surface area contributed by atoms with Crippen molar-refractivity contribution in [3.05, 3.63) is 88.0 Å². The number of phenols is 1. The van der Waals surface area contributed by atoms with Crippen molar-refractivity contribution in [1.82, 2.24) is 10.2 Å². The molecule has 2 N–H and O–H groups in total. The maximum absolute atomic E-state index is 11.1. The first kappa shape index (κ1) is 25.5. The number of nitrogens with zero attached hydrogens (tertiary/aromatic N) is 1. The number of ether oxygens (including phenoxy) is 4. The summed E-state index contributed by atoms with van der Waals surface area (Å²) in [6.45, 7) is 1.79. The molecule has 4 aromatic carbocycles. The number of aromatic hydroxyl groups is 1. The summed E-state index contributed by atoms with van der Waals surface area (Å²) < 4.78 is 25.1. The molecule has 7 bridgehead atoms. The van der Waals surface area contributed by atoms with Crippen LogP contribution in [0.15, 0.2) is 54.6 Å². The predicted octanol–water partition coefficient (Wildman–Crippen LogP) is 6.49. The highest BCUT2D eigenvalue weighted by Crippen LogP contribution is 2.56. The Kier molecular flexibility index (Phi) is 5.88. The van der Waals surface area contributed by atoms with E-state index in [9.17, 15) is 5.11 Å². The van der Waals surface area contributed by atoms with Crippen molar-refractivity contribution in [3.8, 4) is 51.4 Å². The SMILES string of the molecule is COc1ccc2cc1-c1cc(ccc1O)C[C@@H]1c3c(cc(OC)c4c3Oc3cc5c(cc3O4)CCN[C@@H]5C2)CCN1C. The molecule has 0 spiro atoms. The molecule has 0 unspecified atom stereocenters. The van der Waals surface area contributed by atoms with Crippen molar-refractivity contribution in [2.45, 2.75) is 37.8 Å². The molecular weight excluding hydrogens is 528 g/mol. The zero-order chi connectivity index (χ0) is 28.5. The molecule has 8 rings (SSSR count). The standard InChI is InChI=1S/C35H34N2O5/c1-37-11-9-22-17-32(40-3)34-35-33(22)27(37)15-20-4-6-28(38)24(12-20)25-13-19(5-7-29(25)39-2)14-26-23-18-31(42-35)30(41-34)16-21(23)8-10-36-26/h4-7,12-13,16-18,26-27,36,38H,8-11,14-15H2,1-3H3/t26-,27-/m1/s1. The number of benzene rings is 4. The summed E-state index contributed by atoms with van der Waals surface area (Å²) in [6, 6.07) is 18.8. The number of fused-ring (bicyclic) bond motifs is 5. The van der Waals surface area contributed by atoms with Gasteiger partial charge in [0.2, 0.25) is 5.75 Å². The first-order valence-electron chi connectivity index (χ1n) is 14.7. The molecule has 0 saturated heterocycles. The first-order valence-corrected chi connectivity index (χ1v) is 14.7. The van der Waals surface area contributed by atoms with Gasteiger partial charge in [-0.3, -0.25) is 4.90 Å². The fraction of sp³-hybridized carbons (Fsp3) is 0.314. The molecule has 0 amide bonds. The summed E-state index contributed by atoms with van der Waals surface area (Å²) in [5.41, 5.74) is 8.80. The van der Waals surface area contributed by atoms with Gasteiger partial charge in [0, 0.05) is 35.3 Å². The van der Waals surface area contributed by atoms with E-state index in [2.05, 4.69) is 53.7 Å². The lowest BCUT2D eigenvalue weighted by atomic mass is 9.86. The highest BCUT2D eigenvalue weighted by molar-refractivity contribution is 5.77. The number of hydrogen-bond acceptors (Lipinski definition) is 7. The number of phenolic OH excluding ortho intramolecular Hbond substituents is 1. The van der Waals surface area contributed by atoms with Gasteiger partial charge in [0.25, 0.3) is 0 Å². The Bertz CT molecular complexity index is 1750. The Labute approximate surface area is 245 Å². The molecule has 0 saturated carbocycles. The van der Waals surface area contributed by atoms with E-state index in [1.165, 1.54) is 16.7 Å². The molecule has 4 aromatic rings. The minimum Gasteiger partial charge on any atom is -0.507 e. The summed E-state index contributed by atoms with van der Waals surface area (Å²) in [7, 11) is 5.54. The molecule has 4 aliphatic rings. The minimum atomic E-state index is 0.0455. The molecule has 4 heterocycles. The molecule has 4 aliphatic heterocycles. The molecular formula is C35H34N2O5. The van der Waals surface area contributed by atoms with Gasteiger partial charge in [-0.1, -0.05) is 12.1 Å². The second-order valence-electron chi connectivity index (χ2n) is 11.8. The normalized spacial score (nSPS) is 20.0. The molecule has 0 aromatic heterocycles. The second-order valence-corrected chi connectivity index (χ2v) is 11.8. The van der Waals surface area contributed by atoms with Gasteiger partial charge in [-0.05, 0) is 110 Å². The van der Waals surface area contributed by atoms with Crippen LogP contribution in [0.2, 0.25) is 0 Å². The fourth-order valence-corrected chi connectivity index (χ4v) is 7.22. The van der Waals surface area contributed by atoms with Gasteiger partial charge in [-0.25, -0.2) is 0 Å². The minimum absolute atomic E-state index is 0.0455. The second kappa shape index (κ2) is 9.68. The lowest BCUT2D eigenvalue weighted by Gasteiger charge is -2.38. The molecule has 0 fully saturated rings. The average Bonchev–Trinajstić information content (AvgIpc) is 3.00. The van der Waals surface area contributed by atoms with E-state index in [1.807, 2.05) is 12.1 Å². The van der Waals surface area contributed by atoms with Crippen molar-refractivity contribution >= 4 is 0 Å². The summed E-state index contributed by atoms with van der Waals surface area (Å²) in [5, 5.41) is 14.8. The van der Waals surface area contributed by atoms with E-state index >= 15 is 0 Å². The van der Waals surface area contributed by atoms with E-state index in [-0.39, 0.29) is 17.8 Å². The molecule has 7 heteroatoms. The van der Waals surface area contributed by atoms with Gasteiger partial charge >= 0.3 is 0 Å². The van der Waals surface area contributed by atoms with Gasteiger partial charge < -0.3 is 29.4 Å². The average molecular weight is 563 g/mol. The van der Waals surface area contributed by atoms with Crippen LogP contribution in [0.4, 0.5) is 0 Å². The van der Waals surface area contributed by atoms with Crippen LogP contribution in [0, 0.1) is 0 Å². The van der Waals surface area contributed by atoms with Crippen LogP contribution in [-0.4, -0.2) is 44.4 Å². The van der Waals surface area contributed by atoms with Crippen LogP contribution in [-0.2, 0) is 25.7 Å². The Balaban J connectivity index is 1.39. The largest absolute Gasteiger partial charge is 0.507 e. The number of nitrogens with one attached hydrogen (secondary N) is 1. The Hall–Kier alpha value is -4.20. The van der Waals surface area contributed by atoms with Crippen molar-refractivity contribution < 1.29 is 24.1 Å². The summed E-state index contributed by atoms with van der Waals surface area (Å²) in [5.74, 6) is 4.54. The van der Waals surface area contributed by atoms with E-state index in [1.54, 1.807) is 20.3 Å². The number of methoxy groups -OCH3 is 2.